The lowest BCUT2D eigenvalue weighted by molar-refractivity contribution is -0.862. The summed E-state index contributed by atoms with van der Waals surface area (Å²) in [5, 5.41) is 16.7. The van der Waals surface area contributed by atoms with Crippen LogP contribution in [0.4, 0.5) is 17.1 Å². The molecule has 0 aromatic heterocycles. The molecule has 9 nitrogen and oxygen atoms in total. The topological polar surface area (TPSA) is 115 Å². The number of aryl methyl sites for hydroxylation is 2. The van der Waals surface area contributed by atoms with Crippen LogP contribution in [0, 0.1) is 17.0 Å². The average molecular weight is 415 g/mol. The van der Waals surface area contributed by atoms with Crippen LogP contribution in [0.15, 0.2) is 36.4 Å². The number of nitro benzene ring substituents is 1. The van der Waals surface area contributed by atoms with Crippen molar-refractivity contribution < 1.29 is 24.1 Å². The highest BCUT2D eigenvalue weighted by atomic mass is 16.6. The van der Waals surface area contributed by atoms with Crippen molar-refractivity contribution in [2.75, 3.05) is 37.9 Å². The highest BCUT2D eigenvalue weighted by Gasteiger charge is 2.20. The van der Waals surface area contributed by atoms with Gasteiger partial charge in [0.25, 0.3) is 11.8 Å². The molecular weight excluding hydrogens is 388 g/mol. The number of carbonyl (C=O) groups is 2. The smallest absolute Gasteiger partial charge is 0.311 e. The van der Waals surface area contributed by atoms with Gasteiger partial charge in [0.1, 0.15) is 0 Å². The first kappa shape index (κ1) is 22.8. The zero-order valence-corrected chi connectivity index (χ0v) is 17.6. The van der Waals surface area contributed by atoms with Crippen molar-refractivity contribution in [3.05, 3.63) is 57.6 Å². The summed E-state index contributed by atoms with van der Waals surface area (Å²) in [5.41, 5.74) is 2.62. The van der Waals surface area contributed by atoms with Gasteiger partial charge < -0.3 is 20.3 Å². The Kier molecular flexibility index (Phi) is 7.88. The third-order valence-corrected chi connectivity index (χ3v) is 4.59. The van der Waals surface area contributed by atoms with E-state index in [1.807, 2.05) is 31.2 Å². The maximum atomic E-state index is 12.4. The van der Waals surface area contributed by atoms with Gasteiger partial charge in [0.05, 0.1) is 19.1 Å². The van der Waals surface area contributed by atoms with Gasteiger partial charge in [-0.15, -0.1) is 0 Å². The van der Waals surface area contributed by atoms with E-state index >= 15 is 0 Å². The average Bonchev–Trinajstić information content (AvgIpc) is 2.69. The van der Waals surface area contributed by atoms with Gasteiger partial charge in [-0.05, 0) is 30.5 Å². The molecule has 160 valence electrons. The molecule has 1 unspecified atom stereocenters. The van der Waals surface area contributed by atoms with E-state index in [1.165, 1.54) is 19.2 Å². The van der Waals surface area contributed by atoms with Gasteiger partial charge in [-0.2, -0.15) is 0 Å². The van der Waals surface area contributed by atoms with E-state index in [9.17, 15) is 19.7 Å². The maximum absolute atomic E-state index is 12.4. The Morgan fingerprint density at radius 1 is 1.10 bits per heavy atom. The Morgan fingerprint density at radius 3 is 2.27 bits per heavy atom. The minimum absolute atomic E-state index is 0.0571. The van der Waals surface area contributed by atoms with Crippen LogP contribution >= 0.6 is 0 Å². The Hall–Kier alpha value is -3.46. The van der Waals surface area contributed by atoms with E-state index in [0.717, 1.165) is 17.7 Å². The fourth-order valence-electron chi connectivity index (χ4n) is 3.06. The molecule has 2 aromatic rings. The molecule has 0 aliphatic carbocycles. The van der Waals surface area contributed by atoms with Crippen LogP contribution in [0.2, 0.25) is 0 Å². The Bertz CT molecular complexity index is 945. The van der Waals surface area contributed by atoms with Crippen LogP contribution in [0.1, 0.15) is 18.1 Å². The van der Waals surface area contributed by atoms with Crippen LogP contribution in [-0.2, 0) is 16.0 Å². The SMILES string of the molecule is CCc1ccccc1NC(=O)C[NH+](C)CC(=O)Nc1cc(OC)c([N+](=O)[O-])cc1C. The predicted octanol–water partition coefficient (Wildman–Crippen LogP) is 1.57. The van der Waals surface area contributed by atoms with Gasteiger partial charge in [0.15, 0.2) is 18.8 Å². The molecule has 0 saturated heterocycles. The molecule has 9 heteroatoms. The molecule has 0 spiro atoms. The molecule has 0 fully saturated rings. The van der Waals surface area contributed by atoms with Gasteiger partial charge in [0, 0.05) is 23.5 Å². The first-order chi connectivity index (χ1) is 14.2. The number of nitro groups is 1. The van der Waals surface area contributed by atoms with Crippen molar-refractivity contribution in [3.63, 3.8) is 0 Å². The van der Waals surface area contributed by atoms with Crippen molar-refractivity contribution >= 4 is 28.9 Å². The van der Waals surface area contributed by atoms with Gasteiger partial charge in [-0.1, -0.05) is 25.1 Å². The molecule has 0 aliphatic rings. The van der Waals surface area contributed by atoms with Crippen LogP contribution in [0.25, 0.3) is 0 Å². The van der Waals surface area contributed by atoms with Crippen molar-refractivity contribution in [1.29, 1.82) is 0 Å². The van der Waals surface area contributed by atoms with Crippen LogP contribution in [0.3, 0.4) is 0 Å². The lowest BCUT2D eigenvalue weighted by Gasteiger charge is -2.16. The Labute approximate surface area is 175 Å². The second-order valence-electron chi connectivity index (χ2n) is 7.01. The minimum Gasteiger partial charge on any atom is -0.490 e. The van der Waals surface area contributed by atoms with E-state index in [1.54, 1.807) is 14.0 Å². The summed E-state index contributed by atoms with van der Waals surface area (Å²) in [4.78, 5) is 36.0. The van der Waals surface area contributed by atoms with Crippen molar-refractivity contribution in [3.8, 4) is 5.75 Å². The number of likely N-dealkylation sites (N-methyl/N-ethyl adjacent to an activating group) is 1. The van der Waals surface area contributed by atoms with E-state index in [0.29, 0.717) is 16.2 Å². The van der Waals surface area contributed by atoms with Crippen molar-refractivity contribution in [2.24, 2.45) is 0 Å². The number of nitrogens with one attached hydrogen (secondary N) is 3. The lowest BCUT2D eigenvalue weighted by atomic mass is 10.1. The number of anilines is 2. The quantitative estimate of drug-likeness (QED) is 0.425. The molecule has 0 aliphatic heterocycles. The summed E-state index contributed by atoms with van der Waals surface area (Å²) in [6.07, 6.45) is 0.805. The molecule has 30 heavy (non-hydrogen) atoms. The molecule has 2 aromatic carbocycles. The number of ether oxygens (including phenoxy) is 1. The van der Waals surface area contributed by atoms with Crippen LogP contribution < -0.4 is 20.3 Å². The number of rotatable bonds is 9. The number of nitrogens with zero attached hydrogens (tertiary/aromatic N) is 1. The monoisotopic (exact) mass is 415 g/mol. The lowest BCUT2D eigenvalue weighted by Crippen LogP contribution is -3.11. The molecule has 3 N–H and O–H groups in total. The zero-order valence-electron chi connectivity index (χ0n) is 17.6. The van der Waals surface area contributed by atoms with Gasteiger partial charge in [0.2, 0.25) is 0 Å². The predicted molar refractivity (Wildman–Crippen MR) is 114 cm³/mol. The van der Waals surface area contributed by atoms with Crippen LogP contribution in [0.5, 0.6) is 5.75 Å². The summed E-state index contributed by atoms with van der Waals surface area (Å²) < 4.78 is 5.04. The second-order valence-corrected chi connectivity index (χ2v) is 7.01. The number of benzene rings is 2. The first-order valence-electron chi connectivity index (χ1n) is 9.57. The molecule has 0 saturated carbocycles. The standard InChI is InChI=1S/C21H26N4O5/c1-5-15-8-6-7-9-16(15)22-20(26)12-24(3)13-21(27)23-17-11-19(30-4)18(25(28)29)10-14(17)2/h6-11H,5,12-13H2,1-4H3,(H,22,26)(H,23,27)/p+1. The number of methoxy groups -OCH3 is 1. The minimum atomic E-state index is -0.537. The summed E-state index contributed by atoms with van der Waals surface area (Å²) >= 11 is 0. The maximum Gasteiger partial charge on any atom is 0.311 e. The summed E-state index contributed by atoms with van der Waals surface area (Å²) in [6.45, 7) is 3.86. The van der Waals surface area contributed by atoms with Crippen molar-refractivity contribution in [1.82, 2.24) is 0 Å². The van der Waals surface area contributed by atoms with Gasteiger partial charge in [-0.3, -0.25) is 19.7 Å². The fourth-order valence-corrected chi connectivity index (χ4v) is 3.06. The largest absolute Gasteiger partial charge is 0.490 e. The van der Waals surface area contributed by atoms with Crippen molar-refractivity contribution in [2.45, 2.75) is 20.3 Å². The highest BCUT2D eigenvalue weighted by molar-refractivity contribution is 5.94. The van der Waals surface area contributed by atoms with E-state index in [2.05, 4.69) is 10.6 Å². The zero-order chi connectivity index (χ0) is 22.3. The van der Waals surface area contributed by atoms with E-state index in [4.69, 9.17) is 4.74 Å². The summed E-state index contributed by atoms with van der Waals surface area (Å²) in [6, 6.07) is 10.4. The molecule has 2 amide bonds. The number of para-hydroxylation sites is 1. The van der Waals surface area contributed by atoms with Crippen LogP contribution in [-0.4, -0.2) is 44.0 Å². The van der Waals surface area contributed by atoms with Gasteiger partial charge in [-0.25, -0.2) is 0 Å². The number of carbonyl (C=O) groups excluding carboxylic acids is 2. The first-order valence-corrected chi connectivity index (χ1v) is 9.57. The highest BCUT2D eigenvalue weighted by Crippen LogP contribution is 2.32. The number of amides is 2. The molecule has 2 rings (SSSR count). The molecular formula is C21H27N4O5+. The second kappa shape index (κ2) is 10.4. The normalized spacial score (nSPS) is 11.5. The molecule has 0 bridgehead atoms. The molecule has 0 radical (unpaired) electrons. The number of hydrogen-bond donors (Lipinski definition) is 3. The van der Waals surface area contributed by atoms with E-state index in [-0.39, 0.29) is 36.3 Å². The third kappa shape index (κ3) is 6.02. The van der Waals surface area contributed by atoms with Gasteiger partial charge >= 0.3 is 5.69 Å². The molecule has 0 heterocycles. The summed E-state index contributed by atoms with van der Waals surface area (Å²) in [5.74, 6) is -0.432. The Morgan fingerprint density at radius 2 is 1.70 bits per heavy atom. The number of hydrogen-bond acceptors (Lipinski definition) is 5. The third-order valence-electron chi connectivity index (χ3n) is 4.59. The van der Waals surface area contributed by atoms with E-state index < -0.39 is 4.92 Å². The number of quaternary nitrogens is 1. The summed E-state index contributed by atoms with van der Waals surface area (Å²) in [7, 11) is 3.07. The molecule has 1 atom stereocenters. The fraction of sp³-hybridized carbons (Fsp3) is 0.333. The Balaban J connectivity index is 1.96.